The Kier molecular flexibility index (Phi) is 4.10. The van der Waals surface area contributed by atoms with Crippen LogP contribution in [-0.2, 0) is 7.05 Å². The zero-order valence-electron chi connectivity index (χ0n) is 13.3. The number of hydrogen-bond acceptors (Lipinski definition) is 3. The fourth-order valence-electron chi connectivity index (χ4n) is 3.33. The fourth-order valence-corrected chi connectivity index (χ4v) is 3.33. The Morgan fingerprint density at radius 1 is 1.29 bits per heavy atom. The highest BCUT2D eigenvalue weighted by Gasteiger charge is 2.21. The van der Waals surface area contributed by atoms with Crippen LogP contribution in [0.5, 0.6) is 0 Å². The van der Waals surface area contributed by atoms with Gasteiger partial charge in [0.2, 0.25) is 0 Å². The number of aromatic nitrogens is 4. The van der Waals surface area contributed by atoms with Crippen LogP contribution in [0.3, 0.4) is 0 Å². The average Bonchev–Trinajstić information content (AvgIpc) is 3.17. The summed E-state index contributed by atoms with van der Waals surface area (Å²) in [6.45, 7) is 7.94. The van der Waals surface area contributed by atoms with Crippen LogP contribution >= 0.6 is 0 Å². The van der Waals surface area contributed by atoms with Crippen molar-refractivity contribution < 1.29 is 0 Å². The summed E-state index contributed by atoms with van der Waals surface area (Å²) in [5, 5.41) is 4.46. The molecule has 1 aliphatic rings. The molecule has 1 fully saturated rings. The van der Waals surface area contributed by atoms with Crippen LogP contribution in [0, 0.1) is 6.92 Å². The van der Waals surface area contributed by atoms with Crippen LogP contribution < -0.4 is 0 Å². The van der Waals surface area contributed by atoms with Crippen molar-refractivity contribution in [2.45, 2.75) is 39.2 Å². The first-order chi connectivity index (χ1) is 10.2. The van der Waals surface area contributed by atoms with Crippen LogP contribution in [0.2, 0.25) is 0 Å². The molecule has 1 saturated heterocycles. The Bertz CT molecular complexity index is 592. The minimum absolute atomic E-state index is 0.486. The van der Waals surface area contributed by atoms with Crippen molar-refractivity contribution in [1.29, 1.82) is 0 Å². The van der Waals surface area contributed by atoms with E-state index in [0.29, 0.717) is 6.04 Å². The molecule has 2 aromatic rings. The first kappa shape index (κ1) is 14.3. The lowest BCUT2D eigenvalue weighted by Crippen LogP contribution is -2.28. The molecular formula is C16H25N5. The van der Waals surface area contributed by atoms with Crippen LogP contribution in [0.4, 0.5) is 0 Å². The lowest BCUT2D eigenvalue weighted by molar-refractivity contribution is 0.273. The van der Waals surface area contributed by atoms with Crippen molar-refractivity contribution in [3.8, 4) is 11.3 Å². The number of imidazole rings is 1. The van der Waals surface area contributed by atoms with E-state index in [4.69, 9.17) is 0 Å². The van der Waals surface area contributed by atoms with E-state index in [1.54, 1.807) is 0 Å². The summed E-state index contributed by atoms with van der Waals surface area (Å²) in [5.74, 6) is 0. The Hall–Kier alpha value is -1.62. The highest BCUT2D eigenvalue weighted by atomic mass is 15.3. The molecule has 0 aromatic carbocycles. The summed E-state index contributed by atoms with van der Waals surface area (Å²) in [5.41, 5.74) is 3.44. The van der Waals surface area contributed by atoms with Gasteiger partial charge < -0.3 is 9.47 Å². The third kappa shape index (κ3) is 2.88. The molecule has 0 aliphatic carbocycles. The summed E-state index contributed by atoms with van der Waals surface area (Å²) in [4.78, 5) is 6.98. The summed E-state index contributed by atoms with van der Waals surface area (Å²) in [6.07, 6.45) is 9.84. The van der Waals surface area contributed by atoms with Gasteiger partial charge >= 0.3 is 0 Å². The second-order valence-electron chi connectivity index (χ2n) is 6.06. The van der Waals surface area contributed by atoms with Gasteiger partial charge in [0.1, 0.15) is 0 Å². The molecule has 0 radical (unpaired) electrons. The molecule has 21 heavy (non-hydrogen) atoms. The second kappa shape index (κ2) is 6.02. The van der Waals surface area contributed by atoms with Crippen LogP contribution in [0.1, 0.15) is 37.9 Å². The van der Waals surface area contributed by atoms with Crippen molar-refractivity contribution in [2.24, 2.45) is 7.05 Å². The zero-order valence-corrected chi connectivity index (χ0v) is 13.3. The van der Waals surface area contributed by atoms with Crippen molar-refractivity contribution in [2.75, 3.05) is 19.6 Å². The normalized spacial score (nSPS) is 17.5. The van der Waals surface area contributed by atoms with Gasteiger partial charge in [0, 0.05) is 31.4 Å². The third-order valence-corrected chi connectivity index (χ3v) is 4.49. The summed E-state index contributed by atoms with van der Waals surface area (Å²) >= 11 is 0. The molecule has 0 N–H and O–H groups in total. The Labute approximate surface area is 126 Å². The summed E-state index contributed by atoms with van der Waals surface area (Å²) in [7, 11) is 1.97. The SMILES string of the molecule is CCC(CN1CCCC1)n1cncc1-c1cn(C)nc1C. The maximum Gasteiger partial charge on any atom is 0.0954 e. The molecule has 3 rings (SSSR count). The Balaban J connectivity index is 1.87. The van der Waals surface area contributed by atoms with E-state index in [0.717, 1.165) is 18.7 Å². The van der Waals surface area contributed by atoms with Crippen molar-refractivity contribution in [3.63, 3.8) is 0 Å². The number of hydrogen-bond donors (Lipinski definition) is 0. The number of aryl methyl sites for hydroxylation is 2. The predicted molar refractivity (Wildman–Crippen MR) is 84.2 cm³/mol. The molecule has 114 valence electrons. The maximum atomic E-state index is 4.46. The highest BCUT2D eigenvalue weighted by molar-refractivity contribution is 5.60. The Morgan fingerprint density at radius 3 is 2.67 bits per heavy atom. The first-order valence-electron chi connectivity index (χ1n) is 7.94. The largest absolute Gasteiger partial charge is 0.326 e. The van der Waals surface area contributed by atoms with E-state index in [1.165, 1.54) is 37.2 Å². The molecule has 5 heteroatoms. The molecule has 5 nitrogen and oxygen atoms in total. The topological polar surface area (TPSA) is 38.9 Å². The Morgan fingerprint density at radius 2 is 2.05 bits per heavy atom. The van der Waals surface area contributed by atoms with Gasteiger partial charge in [-0.05, 0) is 39.3 Å². The van der Waals surface area contributed by atoms with Crippen LogP contribution in [-0.4, -0.2) is 43.9 Å². The molecule has 0 saturated carbocycles. The van der Waals surface area contributed by atoms with Gasteiger partial charge in [0.05, 0.1) is 23.9 Å². The minimum atomic E-state index is 0.486. The van der Waals surface area contributed by atoms with Crippen molar-refractivity contribution >= 4 is 0 Å². The molecule has 0 bridgehead atoms. The fraction of sp³-hybridized carbons (Fsp3) is 0.625. The highest BCUT2D eigenvalue weighted by Crippen LogP contribution is 2.27. The lowest BCUT2D eigenvalue weighted by Gasteiger charge is -2.25. The van der Waals surface area contributed by atoms with Crippen LogP contribution in [0.15, 0.2) is 18.7 Å². The molecule has 0 spiro atoms. The van der Waals surface area contributed by atoms with E-state index >= 15 is 0 Å². The van der Waals surface area contributed by atoms with Gasteiger partial charge in [-0.25, -0.2) is 4.98 Å². The van der Waals surface area contributed by atoms with E-state index in [2.05, 4.69) is 39.6 Å². The third-order valence-electron chi connectivity index (χ3n) is 4.49. The number of likely N-dealkylation sites (tertiary alicyclic amines) is 1. The monoisotopic (exact) mass is 287 g/mol. The van der Waals surface area contributed by atoms with Gasteiger partial charge in [0.15, 0.2) is 0 Å². The first-order valence-corrected chi connectivity index (χ1v) is 7.94. The maximum absolute atomic E-state index is 4.46. The minimum Gasteiger partial charge on any atom is -0.326 e. The van der Waals surface area contributed by atoms with Gasteiger partial charge in [0.25, 0.3) is 0 Å². The van der Waals surface area contributed by atoms with Crippen molar-refractivity contribution in [1.82, 2.24) is 24.2 Å². The van der Waals surface area contributed by atoms with Gasteiger partial charge in [-0.3, -0.25) is 4.68 Å². The van der Waals surface area contributed by atoms with Gasteiger partial charge in [-0.1, -0.05) is 6.92 Å². The van der Waals surface area contributed by atoms with E-state index in [9.17, 15) is 0 Å². The van der Waals surface area contributed by atoms with E-state index in [1.807, 2.05) is 24.3 Å². The summed E-state index contributed by atoms with van der Waals surface area (Å²) < 4.78 is 4.21. The molecular weight excluding hydrogens is 262 g/mol. The molecule has 1 aliphatic heterocycles. The smallest absolute Gasteiger partial charge is 0.0954 e. The molecule has 1 atom stereocenters. The predicted octanol–water partition coefficient (Wildman–Crippen LogP) is 2.64. The standard InChI is InChI=1S/C16H25N5/c1-4-14(10-20-7-5-6-8-20)21-12-17-9-16(21)15-11-19(3)18-13(15)2/h9,11-12,14H,4-8,10H2,1-3H3. The zero-order chi connectivity index (χ0) is 14.8. The second-order valence-corrected chi connectivity index (χ2v) is 6.06. The molecule has 3 heterocycles. The number of nitrogens with zero attached hydrogens (tertiary/aromatic N) is 5. The van der Waals surface area contributed by atoms with E-state index < -0.39 is 0 Å². The van der Waals surface area contributed by atoms with Crippen LogP contribution in [0.25, 0.3) is 11.3 Å². The molecule has 1 unspecified atom stereocenters. The van der Waals surface area contributed by atoms with Crippen molar-refractivity contribution in [3.05, 3.63) is 24.4 Å². The molecule has 2 aromatic heterocycles. The molecule has 0 amide bonds. The van der Waals surface area contributed by atoms with Gasteiger partial charge in [-0.15, -0.1) is 0 Å². The summed E-state index contributed by atoms with van der Waals surface area (Å²) in [6, 6.07) is 0.486. The lowest BCUT2D eigenvalue weighted by atomic mass is 10.1. The quantitative estimate of drug-likeness (QED) is 0.848. The van der Waals surface area contributed by atoms with E-state index in [-0.39, 0.29) is 0 Å². The number of rotatable bonds is 5. The average molecular weight is 287 g/mol. The van der Waals surface area contributed by atoms with Gasteiger partial charge in [-0.2, -0.15) is 5.10 Å².